The maximum Gasteiger partial charge on any atom is 0.236 e. The molecule has 1 fully saturated rings. The second-order valence-electron chi connectivity index (χ2n) is 5.63. The van der Waals surface area contributed by atoms with Crippen LogP contribution in [-0.2, 0) is 4.79 Å². The number of pyridine rings is 1. The number of aromatic nitrogens is 1. The van der Waals surface area contributed by atoms with Gasteiger partial charge in [-0.3, -0.25) is 4.79 Å². The molecule has 1 saturated heterocycles. The minimum absolute atomic E-state index is 0.101. The van der Waals surface area contributed by atoms with E-state index in [2.05, 4.69) is 33.5 Å². The Bertz CT molecular complexity index is 429. The van der Waals surface area contributed by atoms with Crippen LogP contribution in [-0.4, -0.2) is 42.6 Å². The first kappa shape index (κ1) is 15.8. The van der Waals surface area contributed by atoms with Gasteiger partial charge in [0.2, 0.25) is 5.91 Å². The Balaban J connectivity index is 1.75. The summed E-state index contributed by atoms with van der Waals surface area (Å²) in [5, 5.41) is 6.37. The monoisotopic (exact) mass is 290 g/mol. The summed E-state index contributed by atoms with van der Waals surface area (Å²) in [4.78, 5) is 18.6. The summed E-state index contributed by atoms with van der Waals surface area (Å²) in [6, 6.07) is 6.30. The number of amides is 1. The summed E-state index contributed by atoms with van der Waals surface area (Å²) >= 11 is 0. The van der Waals surface area contributed by atoms with Gasteiger partial charge in [-0.25, -0.2) is 4.98 Å². The van der Waals surface area contributed by atoms with Gasteiger partial charge in [-0.05, 0) is 38.3 Å². The molecule has 1 aromatic rings. The fraction of sp³-hybridized carbons (Fsp3) is 0.625. The highest BCUT2D eigenvalue weighted by molar-refractivity contribution is 5.81. The molecule has 2 N–H and O–H groups in total. The van der Waals surface area contributed by atoms with Crippen molar-refractivity contribution in [3.63, 3.8) is 0 Å². The van der Waals surface area contributed by atoms with Gasteiger partial charge in [0.1, 0.15) is 5.82 Å². The lowest BCUT2D eigenvalue weighted by Crippen LogP contribution is -2.50. The van der Waals surface area contributed by atoms with Crippen molar-refractivity contribution in [3.05, 3.63) is 24.4 Å². The van der Waals surface area contributed by atoms with E-state index in [4.69, 9.17) is 0 Å². The number of carbonyl (C=O) groups excluding carboxylic acids is 1. The quantitative estimate of drug-likeness (QED) is 0.835. The van der Waals surface area contributed by atoms with Crippen LogP contribution >= 0.6 is 0 Å². The predicted octanol–water partition coefficient (Wildman–Crippen LogP) is 1.55. The molecule has 0 radical (unpaired) electrons. The van der Waals surface area contributed by atoms with E-state index in [0.29, 0.717) is 6.04 Å². The molecule has 2 heterocycles. The molecule has 1 amide bonds. The minimum Gasteiger partial charge on any atom is -0.357 e. The molecule has 0 spiro atoms. The van der Waals surface area contributed by atoms with E-state index >= 15 is 0 Å². The molecule has 1 aliphatic rings. The average molecular weight is 290 g/mol. The van der Waals surface area contributed by atoms with Gasteiger partial charge < -0.3 is 15.5 Å². The van der Waals surface area contributed by atoms with Gasteiger partial charge in [0, 0.05) is 31.9 Å². The van der Waals surface area contributed by atoms with E-state index in [0.717, 1.165) is 44.7 Å². The molecule has 116 valence electrons. The summed E-state index contributed by atoms with van der Waals surface area (Å²) in [6.45, 7) is 6.72. The minimum atomic E-state index is -0.122. The van der Waals surface area contributed by atoms with Crippen LogP contribution in [0.5, 0.6) is 0 Å². The number of nitrogens with zero attached hydrogens (tertiary/aromatic N) is 2. The van der Waals surface area contributed by atoms with Crippen molar-refractivity contribution in [2.45, 2.75) is 45.2 Å². The zero-order chi connectivity index (χ0) is 15.1. The molecule has 0 bridgehead atoms. The van der Waals surface area contributed by atoms with E-state index in [9.17, 15) is 4.79 Å². The maximum absolute atomic E-state index is 11.9. The molecule has 0 saturated carbocycles. The lowest BCUT2D eigenvalue weighted by atomic mass is 10.0. The second-order valence-corrected chi connectivity index (χ2v) is 5.63. The van der Waals surface area contributed by atoms with E-state index in [1.807, 2.05) is 25.3 Å². The summed E-state index contributed by atoms with van der Waals surface area (Å²) in [6.07, 6.45) is 4.89. The third-order valence-corrected chi connectivity index (χ3v) is 3.90. The molecule has 1 aromatic heterocycles. The Morgan fingerprint density at radius 2 is 2.19 bits per heavy atom. The van der Waals surface area contributed by atoms with Crippen LogP contribution in [0.3, 0.4) is 0 Å². The Labute approximate surface area is 127 Å². The van der Waals surface area contributed by atoms with E-state index in [-0.39, 0.29) is 11.9 Å². The zero-order valence-electron chi connectivity index (χ0n) is 13.0. The molecular formula is C16H26N4O. The first-order chi connectivity index (χ1) is 10.2. The first-order valence-corrected chi connectivity index (χ1v) is 7.90. The third kappa shape index (κ3) is 4.70. The van der Waals surface area contributed by atoms with Crippen LogP contribution in [0.2, 0.25) is 0 Å². The van der Waals surface area contributed by atoms with Crippen LogP contribution in [0.4, 0.5) is 5.82 Å². The van der Waals surface area contributed by atoms with Crippen molar-refractivity contribution in [3.8, 4) is 0 Å². The number of hydrogen-bond donors (Lipinski definition) is 2. The third-order valence-electron chi connectivity index (χ3n) is 3.90. The normalized spacial score (nSPS) is 17.5. The van der Waals surface area contributed by atoms with E-state index in [1.165, 1.54) is 0 Å². The molecule has 0 aliphatic carbocycles. The predicted molar refractivity (Wildman–Crippen MR) is 85.4 cm³/mol. The fourth-order valence-electron chi connectivity index (χ4n) is 2.65. The van der Waals surface area contributed by atoms with Crippen molar-refractivity contribution in [1.82, 2.24) is 15.6 Å². The number of carbonyl (C=O) groups is 1. The molecule has 1 atom stereocenters. The van der Waals surface area contributed by atoms with Gasteiger partial charge in [-0.15, -0.1) is 0 Å². The van der Waals surface area contributed by atoms with Gasteiger partial charge >= 0.3 is 0 Å². The smallest absolute Gasteiger partial charge is 0.236 e. The van der Waals surface area contributed by atoms with Gasteiger partial charge in [0.25, 0.3) is 0 Å². The zero-order valence-corrected chi connectivity index (χ0v) is 13.0. The molecule has 21 heavy (non-hydrogen) atoms. The van der Waals surface area contributed by atoms with Gasteiger partial charge in [-0.1, -0.05) is 13.0 Å². The summed E-state index contributed by atoms with van der Waals surface area (Å²) < 4.78 is 0. The van der Waals surface area contributed by atoms with Gasteiger partial charge in [0.15, 0.2) is 0 Å². The summed E-state index contributed by atoms with van der Waals surface area (Å²) in [5.74, 6) is 1.15. The van der Waals surface area contributed by atoms with Crippen molar-refractivity contribution in [2.75, 3.05) is 24.5 Å². The van der Waals surface area contributed by atoms with Crippen LogP contribution in [0.15, 0.2) is 24.4 Å². The van der Waals surface area contributed by atoms with E-state index < -0.39 is 0 Å². The first-order valence-electron chi connectivity index (χ1n) is 7.90. The van der Waals surface area contributed by atoms with Crippen molar-refractivity contribution >= 4 is 11.7 Å². The van der Waals surface area contributed by atoms with Crippen molar-refractivity contribution in [1.29, 1.82) is 0 Å². The highest BCUT2D eigenvalue weighted by Crippen LogP contribution is 2.17. The highest BCUT2D eigenvalue weighted by Gasteiger charge is 2.23. The molecule has 0 aromatic carbocycles. The molecule has 5 heteroatoms. The largest absolute Gasteiger partial charge is 0.357 e. The second kappa shape index (κ2) is 7.98. The standard InChI is InChI=1S/C16H26N4O/c1-3-9-18-16(21)13(2)19-14-7-11-20(12-8-14)15-6-4-5-10-17-15/h4-6,10,13-14,19H,3,7-9,11-12H2,1-2H3,(H,18,21). The van der Waals surface area contributed by atoms with Crippen LogP contribution in [0.1, 0.15) is 33.1 Å². The van der Waals surface area contributed by atoms with E-state index in [1.54, 1.807) is 0 Å². The fourth-order valence-corrected chi connectivity index (χ4v) is 2.65. The SMILES string of the molecule is CCCNC(=O)C(C)NC1CCN(c2ccccn2)CC1. The Morgan fingerprint density at radius 1 is 1.43 bits per heavy atom. The molecule has 1 unspecified atom stereocenters. The van der Waals surface area contributed by atoms with Gasteiger partial charge in [0.05, 0.1) is 6.04 Å². The number of hydrogen-bond acceptors (Lipinski definition) is 4. The Morgan fingerprint density at radius 3 is 2.81 bits per heavy atom. The molecular weight excluding hydrogens is 264 g/mol. The molecule has 5 nitrogen and oxygen atoms in total. The van der Waals surface area contributed by atoms with Crippen LogP contribution in [0.25, 0.3) is 0 Å². The van der Waals surface area contributed by atoms with Gasteiger partial charge in [-0.2, -0.15) is 0 Å². The van der Waals surface area contributed by atoms with Crippen molar-refractivity contribution < 1.29 is 4.79 Å². The lowest BCUT2D eigenvalue weighted by Gasteiger charge is -2.34. The average Bonchev–Trinajstić information content (AvgIpc) is 2.54. The summed E-state index contributed by atoms with van der Waals surface area (Å²) in [5.41, 5.74) is 0. The number of rotatable bonds is 6. The number of piperidine rings is 1. The maximum atomic E-state index is 11.9. The lowest BCUT2D eigenvalue weighted by molar-refractivity contribution is -0.122. The number of nitrogens with one attached hydrogen (secondary N) is 2. The number of anilines is 1. The topological polar surface area (TPSA) is 57.3 Å². The molecule has 1 aliphatic heterocycles. The summed E-state index contributed by atoms with van der Waals surface area (Å²) in [7, 11) is 0. The molecule has 2 rings (SSSR count). The van der Waals surface area contributed by atoms with Crippen molar-refractivity contribution in [2.24, 2.45) is 0 Å². The Hall–Kier alpha value is -1.62. The van der Waals surface area contributed by atoms with Crippen LogP contribution < -0.4 is 15.5 Å². The van der Waals surface area contributed by atoms with Crippen LogP contribution in [0, 0.1) is 0 Å². The Kier molecular flexibility index (Phi) is 5.99. The highest BCUT2D eigenvalue weighted by atomic mass is 16.2.